The Morgan fingerprint density at radius 2 is 2.04 bits per heavy atom. The van der Waals surface area contributed by atoms with Gasteiger partial charge in [0, 0.05) is 35.1 Å². The number of rotatable bonds is 5. The van der Waals surface area contributed by atoms with Crippen molar-refractivity contribution in [3.05, 3.63) is 70.0 Å². The fraction of sp³-hybridized carbons (Fsp3) is 0.222. The van der Waals surface area contributed by atoms with Crippen LogP contribution in [-0.2, 0) is 11.3 Å². The summed E-state index contributed by atoms with van der Waals surface area (Å²) in [5.74, 6) is -1.62. The van der Waals surface area contributed by atoms with Gasteiger partial charge in [-0.1, -0.05) is 0 Å². The molecule has 0 aliphatic heterocycles. The number of carbonyl (C=O) groups excluding carboxylic acids is 1. The van der Waals surface area contributed by atoms with Gasteiger partial charge in [-0.2, -0.15) is 0 Å². The highest BCUT2D eigenvalue weighted by molar-refractivity contribution is 5.93. The van der Waals surface area contributed by atoms with Crippen molar-refractivity contribution in [2.24, 2.45) is 0 Å². The second-order valence-corrected chi connectivity index (χ2v) is 5.52. The first kappa shape index (κ1) is 16.9. The van der Waals surface area contributed by atoms with E-state index in [-0.39, 0.29) is 35.2 Å². The highest BCUT2D eigenvalue weighted by atomic mass is 19.1. The molecule has 1 N–H and O–H groups in total. The molecule has 0 amide bonds. The molecule has 0 bridgehead atoms. The molecule has 0 saturated heterocycles. The molecule has 5 nitrogen and oxygen atoms in total. The van der Waals surface area contributed by atoms with Crippen LogP contribution in [-0.4, -0.2) is 22.1 Å². The molecule has 1 unspecified atom stereocenters. The van der Waals surface area contributed by atoms with E-state index in [9.17, 15) is 18.4 Å². The fourth-order valence-corrected chi connectivity index (χ4v) is 2.63. The molecule has 1 aromatic carbocycles. The van der Waals surface area contributed by atoms with E-state index >= 15 is 0 Å². The van der Waals surface area contributed by atoms with E-state index in [4.69, 9.17) is 4.74 Å². The normalized spacial score (nSPS) is 12.3. The molecule has 1 atom stereocenters. The molecule has 7 heteroatoms. The zero-order valence-electron chi connectivity index (χ0n) is 13.5. The third-order valence-electron chi connectivity index (χ3n) is 3.87. The average Bonchev–Trinajstić information content (AvgIpc) is 3.08. The Kier molecular flexibility index (Phi) is 4.65. The van der Waals surface area contributed by atoms with Gasteiger partial charge in [-0.3, -0.25) is 4.79 Å². The minimum Gasteiger partial charge on any atom is -0.462 e. The zero-order valence-corrected chi connectivity index (χ0v) is 13.5. The van der Waals surface area contributed by atoms with E-state index in [1.807, 2.05) is 0 Å². The summed E-state index contributed by atoms with van der Waals surface area (Å²) in [5, 5.41) is -0.0278. The lowest BCUT2D eigenvalue weighted by atomic mass is 10.0. The summed E-state index contributed by atoms with van der Waals surface area (Å²) in [6, 6.07) is 5.71. The summed E-state index contributed by atoms with van der Waals surface area (Å²) >= 11 is 0. The molecule has 2 heterocycles. The first-order chi connectivity index (χ1) is 12.0. The Hall–Kier alpha value is -2.96. The lowest BCUT2D eigenvalue weighted by Gasteiger charge is -2.12. The van der Waals surface area contributed by atoms with Gasteiger partial charge in [0.15, 0.2) is 0 Å². The maximum atomic E-state index is 14.5. The van der Waals surface area contributed by atoms with Crippen molar-refractivity contribution in [2.45, 2.75) is 19.6 Å². The summed E-state index contributed by atoms with van der Waals surface area (Å²) in [6.07, 6.45) is 2.98. The number of aromatic amines is 1. The number of alkyl halides is 1. The summed E-state index contributed by atoms with van der Waals surface area (Å²) in [4.78, 5) is 26.8. The van der Waals surface area contributed by atoms with Crippen molar-refractivity contribution in [1.29, 1.82) is 0 Å². The second kappa shape index (κ2) is 6.88. The molecule has 0 fully saturated rings. The van der Waals surface area contributed by atoms with Crippen molar-refractivity contribution in [3.63, 3.8) is 0 Å². The summed E-state index contributed by atoms with van der Waals surface area (Å²) < 4.78 is 35.2. The van der Waals surface area contributed by atoms with Crippen LogP contribution >= 0.6 is 0 Å². The maximum absolute atomic E-state index is 14.5. The van der Waals surface area contributed by atoms with Gasteiger partial charge in [-0.15, -0.1) is 0 Å². The summed E-state index contributed by atoms with van der Waals surface area (Å²) in [7, 11) is 0. The van der Waals surface area contributed by atoms with Crippen LogP contribution in [0.2, 0.25) is 0 Å². The molecule has 25 heavy (non-hydrogen) atoms. The predicted octanol–water partition coefficient (Wildman–Crippen LogP) is 3.36. The number of nitrogens with zero attached hydrogens (tertiary/aromatic N) is 1. The largest absolute Gasteiger partial charge is 0.462 e. The fourth-order valence-electron chi connectivity index (χ4n) is 2.63. The molecule has 2 aromatic heterocycles. The molecular weight excluding hydrogens is 330 g/mol. The van der Waals surface area contributed by atoms with Crippen LogP contribution in [0.4, 0.5) is 8.78 Å². The minimum atomic E-state index is -1.58. The van der Waals surface area contributed by atoms with Gasteiger partial charge >= 0.3 is 5.97 Å². The van der Waals surface area contributed by atoms with Gasteiger partial charge in [0.2, 0.25) is 5.43 Å². The number of carbonyl (C=O) groups is 1. The molecule has 0 aliphatic rings. The quantitative estimate of drug-likeness (QED) is 0.721. The summed E-state index contributed by atoms with van der Waals surface area (Å²) in [6.45, 7) is 1.69. The number of esters is 1. The number of fused-ring (bicyclic) bond motifs is 1. The van der Waals surface area contributed by atoms with Crippen LogP contribution in [0.15, 0.2) is 47.7 Å². The highest BCUT2D eigenvalue weighted by Gasteiger charge is 2.20. The third-order valence-corrected chi connectivity index (χ3v) is 3.87. The van der Waals surface area contributed by atoms with E-state index in [1.54, 1.807) is 36.0 Å². The van der Waals surface area contributed by atoms with Crippen LogP contribution in [0.25, 0.3) is 10.9 Å². The first-order valence-electron chi connectivity index (χ1n) is 7.78. The number of pyridine rings is 1. The molecule has 0 radical (unpaired) electrons. The number of hydrogen-bond acceptors (Lipinski definition) is 3. The maximum Gasteiger partial charge on any atom is 0.343 e. The van der Waals surface area contributed by atoms with Crippen molar-refractivity contribution < 1.29 is 18.3 Å². The number of H-pyrrole nitrogens is 1. The minimum absolute atomic E-state index is 0.0278. The second-order valence-electron chi connectivity index (χ2n) is 5.52. The van der Waals surface area contributed by atoms with E-state index in [0.717, 1.165) is 6.07 Å². The molecule has 130 valence electrons. The first-order valence-corrected chi connectivity index (χ1v) is 7.78. The highest BCUT2D eigenvalue weighted by Crippen LogP contribution is 2.26. The van der Waals surface area contributed by atoms with E-state index in [2.05, 4.69) is 4.98 Å². The molecular formula is C18H16F2N2O3. The lowest BCUT2D eigenvalue weighted by Crippen LogP contribution is -2.18. The Labute approximate surface area is 141 Å². The van der Waals surface area contributed by atoms with Gasteiger partial charge in [0.05, 0.1) is 13.2 Å². The average molecular weight is 346 g/mol. The van der Waals surface area contributed by atoms with Gasteiger partial charge in [-0.25, -0.2) is 13.6 Å². The Balaban J connectivity index is 2.01. The van der Waals surface area contributed by atoms with Crippen LogP contribution in [0.1, 0.15) is 29.0 Å². The monoisotopic (exact) mass is 346 g/mol. The van der Waals surface area contributed by atoms with Gasteiger partial charge in [0.25, 0.3) is 0 Å². The Morgan fingerprint density at radius 3 is 2.72 bits per heavy atom. The van der Waals surface area contributed by atoms with Crippen molar-refractivity contribution in [2.75, 3.05) is 6.61 Å². The van der Waals surface area contributed by atoms with Gasteiger partial charge < -0.3 is 14.3 Å². The van der Waals surface area contributed by atoms with Gasteiger partial charge in [-0.05, 0) is 31.2 Å². The van der Waals surface area contributed by atoms with Crippen LogP contribution in [0.5, 0.6) is 0 Å². The standard InChI is InChI=1S/C18H16F2N2O3/c1-2-25-18(24)13-9-21-16-8-11(14(19)7-12(16)17(13)23)15(20)10-22-5-3-4-6-22/h3-9,15H,2,10H2,1H3,(H,21,23). The van der Waals surface area contributed by atoms with Crippen LogP contribution < -0.4 is 5.43 Å². The predicted molar refractivity (Wildman–Crippen MR) is 88.8 cm³/mol. The number of nitrogens with one attached hydrogen (secondary N) is 1. The lowest BCUT2D eigenvalue weighted by molar-refractivity contribution is 0.0524. The van der Waals surface area contributed by atoms with Crippen LogP contribution in [0.3, 0.4) is 0 Å². The smallest absolute Gasteiger partial charge is 0.343 e. The zero-order chi connectivity index (χ0) is 18.0. The number of aromatic nitrogens is 2. The number of benzene rings is 1. The molecule has 3 aromatic rings. The van der Waals surface area contributed by atoms with Crippen LogP contribution in [0, 0.1) is 5.82 Å². The van der Waals surface area contributed by atoms with Crippen molar-refractivity contribution >= 4 is 16.9 Å². The van der Waals surface area contributed by atoms with Gasteiger partial charge in [0.1, 0.15) is 17.6 Å². The Morgan fingerprint density at radius 1 is 1.32 bits per heavy atom. The van der Waals surface area contributed by atoms with Crippen molar-refractivity contribution in [3.8, 4) is 0 Å². The summed E-state index contributed by atoms with van der Waals surface area (Å²) in [5.41, 5.74) is -0.769. The van der Waals surface area contributed by atoms with Crippen molar-refractivity contribution in [1.82, 2.24) is 9.55 Å². The number of ether oxygens (including phenoxy) is 1. The molecule has 0 spiro atoms. The molecule has 0 aliphatic carbocycles. The SMILES string of the molecule is CCOC(=O)c1c[nH]c2cc(C(F)Cn3cccc3)c(F)cc2c1=O. The molecule has 3 rings (SSSR count). The Bertz CT molecular complexity index is 964. The topological polar surface area (TPSA) is 64.1 Å². The number of halogens is 2. The van der Waals surface area contributed by atoms with E-state index in [1.165, 1.54) is 12.3 Å². The molecule has 0 saturated carbocycles. The van der Waals surface area contributed by atoms with E-state index < -0.39 is 23.4 Å². The third kappa shape index (κ3) is 3.31. The van der Waals surface area contributed by atoms with E-state index in [0.29, 0.717) is 0 Å². The number of hydrogen-bond donors (Lipinski definition) is 1.